The predicted octanol–water partition coefficient (Wildman–Crippen LogP) is 2.17. The van der Waals surface area contributed by atoms with E-state index in [4.69, 9.17) is 5.73 Å². The molecule has 0 unspecified atom stereocenters. The van der Waals surface area contributed by atoms with Crippen molar-refractivity contribution in [2.75, 3.05) is 5.73 Å². The predicted molar refractivity (Wildman–Crippen MR) is 54.0 cm³/mol. The highest BCUT2D eigenvalue weighted by molar-refractivity contribution is 5.46. The first kappa shape index (κ1) is 10.4. The molecule has 0 saturated carbocycles. The van der Waals surface area contributed by atoms with Gasteiger partial charge in [0.15, 0.2) is 0 Å². The summed E-state index contributed by atoms with van der Waals surface area (Å²) in [5, 5.41) is 4.27. The first-order chi connectivity index (χ1) is 6.91. The molecule has 3 nitrogen and oxygen atoms in total. The maximum Gasteiger partial charge on any atom is 0.252 e. The minimum absolute atomic E-state index is 0.115. The molecule has 84 valence electrons. The molecule has 0 fully saturated rings. The Kier molecular flexibility index (Phi) is 2.20. The first-order valence-electron chi connectivity index (χ1n) is 5.14. The van der Waals surface area contributed by atoms with Crippen LogP contribution in [0.5, 0.6) is 0 Å². The quantitative estimate of drug-likeness (QED) is 0.780. The Morgan fingerprint density at radius 3 is 2.73 bits per heavy atom. The molecule has 2 rings (SSSR count). The summed E-state index contributed by atoms with van der Waals surface area (Å²) in [5.41, 5.74) is 7.10. The first-order valence-corrected chi connectivity index (χ1v) is 5.14. The Morgan fingerprint density at radius 1 is 1.47 bits per heavy atom. The Morgan fingerprint density at radius 2 is 2.13 bits per heavy atom. The Balaban J connectivity index is 2.42. The number of rotatable bonds is 1. The van der Waals surface area contributed by atoms with Crippen LogP contribution >= 0.6 is 0 Å². The Labute approximate surface area is 87.3 Å². The van der Waals surface area contributed by atoms with Crippen molar-refractivity contribution in [3.05, 3.63) is 11.3 Å². The van der Waals surface area contributed by atoms with Crippen LogP contribution in [0.4, 0.5) is 14.6 Å². The number of nitrogen functional groups attached to an aromatic ring is 1. The number of nitrogens with two attached hydrogens (primary N) is 1. The molecular weight excluding hydrogens is 200 g/mol. The van der Waals surface area contributed by atoms with Gasteiger partial charge >= 0.3 is 0 Å². The maximum absolute atomic E-state index is 13.2. The number of aromatic nitrogens is 2. The van der Waals surface area contributed by atoms with Gasteiger partial charge in [-0.3, -0.25) is 0 Å². The van der Waals surface area contributed by atoms with E-state index in [2.05, 4.69) is 5.10 Å². The van der Waals surface area contributed by atoms with Crippen LogP contribution in [0.1, 0.15) is 37.6 Å². The highest BCUT2D eigenvalue weighted by atomic mass is 19.3. The molecule has 0 aliphatic heterocycles. The van der Waals surface area contributed by atoms with Crippen LogP contribution < -0.4 is 5.73 Å². The molecule has 1 aliphatic rings. The van der Waals surface area contributed by atoms with Crippen molar-refractivity contribution < 1.29 is 8.78 Å². The zero-order chi connectivity index (χ0) is 11.2. The lowest BCUT2D eigenvalue weighted by Gasteiger charge is -2.20. The molecule has 0 atom stereocenters. The molecule has 0 saturated heterocycles. The summed E-state index contributed by atoms with van der Waals surface area (Å²) < 4.78 is 28.0. The zero-order valence-corrected chi connectivity index (χ0v) is 8.93. The van der Waals surface area contributed by atoms with Gasteiger partial charge < -0.3 is 5.73 Å². The van der Waals surface area contributed by atoms with E-state index in [1.54, 1.807) is 4.68 Å². The molecule has 1 heterocycles. The SMILES string of the molecule is CC(C)n1nc2c(c1N)CC(F)(F)CC2. The summed E-state index contributed by atoms with van der Waals surface area (Å²) in [5.74, 6) is -2.22. The van der Waals surface area contributed by atoms with E-state index in [0.29, 0.717) is 17.8 Å². The van der Waals surface area contributed by atoms with Gasteiger partial charge in [0, 0.05) is 24.4 Å². The van der Waals surface area contributed by atoms with Crippen LogP contribution in [0, 0.1) is 0 Å². The van der Waals surface area contributed by atoms with Crippen molar-refractivity contribution >= 4 is 5.82 Å². The minimum Gasteiger partial charge on any atom is -0.384 e. The Bertz CT molecular complexity index is 382. The van der Waals surface area contributed by atoms with Gasteiger partial charge in [-0.15, -0.1) is 0 Å². The third-order valence-corrected chi connectivity index (χ3v) is 2.78. The zero-order valence-electron chi connectivity index (χ0n) is 8.93. The van der Waals surface area contributed by atoms with Gasteiger partial charge in [-0.2, -0.15) is 5.10 Å². The number of alkyl halides is 2. The minimum atomic E-state index is -2.62. The van der Waals surface area contributed by atoms with E-state index in [0.717, 1.165) is 5.69 Å². The summed E-state index contributed by atoms with van der Waals surface area (Å²) in [6.45, 7) is 3.87. The van der Waals surface area contributed by atoms with Crippen molar-refractivity contribution in [1.29, 1.82) is 0 Å². The molecule has 1 aliphatic carbocycles. The van der Waals surface area contributed by atoms with Crippen molar-refractivity contribution in [3.8, 4) is 0 Å². The second kappa shape index (κ2) is 3.18. The highest BCUT2D eigenvalue weighted by Crippen LogP contribution is 2.35. The topological polar surface area (TPSA) is 43.8 Å². The lowest BCUT2D eigenvalue weighted by Crippen LogP contribution is -2.25. The molecule has 0 aromatic carbocycles. The van der Waals surface area contributed by atoms with Gasteiger partial charge in [0.25, 0.3) is 5.92 Å². The third-order valence-electron chi connectivity index (χ3n) is 2.78. The largest absolute Gasteiger partial charge is 0.384 e. The molecule has 1 aromatic rings. The van der Waals surface area contributed by atoms with Gasteiger partial charge in [0.05, 0.1) is 5.69 Å². The number of nitrogens with zero attached hydrogens (tertiary/aromatic N) is 2. The number of aryl methyl sites for hydroxylation is 1. The normalized spacial score (nSPS) is 19.3. The molecule has 1 aromatic heterocycles. The fourth-order valence-electron chi connectivity index (χ4n) is 1.97. The standard InChI is InChI=1S/C10H15F2N3/c1-6(2)15-9(13)7-5-10(11,12)4-3-8(7)14-15/h6H,3-5,13H2,1-2H3. The number of fused-ring (bicyclic) bond motifs is 1. The summed E-state index contributed by atoms with van der Waals surface area (Å²) in [6, 6.07) is 0.115. The lowest BCUT2D eigenvalue weighted by molar-refractivity contribution is -0.0123. The van der Waals surface area contributed by atoms with Crippen molar-refractivity contribution in [2.45, 2.75) is 45.1 Å². The fourth-order valence-corrected chi connectivity index (χ4v) is 1.97. The molecule has 5 heteroatoms. The highest BCUT2D eigenvalue weighted by Gasteiger charge is 2.37. The summed E-state index contributed by atoms with van der Waals surface area (Å²) in [4.78, 5) is 0. The van der Waals surface area contributed by atoms with Crippen molar-refractivity contribution in [1.82, 2.24) is 9.78 Å². The van der Waals surface area contributed by atoms with Gasteiger partial charge in [0.1, 0.15) is 5.82 Å². The van der Waals surface area contributed by atoms with Crippen LogP contribution in [0.15, 0.2) is 0 Å². The summed E-state index contributed by atoms with van der Waals surface area (Å²) in [7, 11) is 0. The van der Waals surface area contributed by atoms with E-state index in [9.17, 15) is 8.78 Å². The molecule has 2 N–H and O–H groups in total. The van der Waals surface area contributed by atoms with Gasteiger partial charge in [-0.1, -0.05) is 0 Å². The van der Waals surface area contributed by atoms with Crippen LogP contribution in [0.2, 0.25) is 0 Å². The summed E-state index contributed by atoms with van der Waals surface area (Å²) >= 11 is 0. The van der Waals surface area contributed by atoms with E-state index in [1.807, 2.05) is 13.8 Å². The molecule has 0 bridgehead atoms. The van der Waals surface area contributed by atoms with Crippen molar-refractivity contribution in [3.63, 3.8) is 0 Å². The average molecular weight is 215 g/mol. The Hall–Kier alpha value is -1.13. The van der Waals surface area contributed by atoms with Crippen molar-refractivity contribution in [2.24, 2.45) is 0 Å². The lowest BCUT2D eigenvalue weighted by atomic mass is 9.94. The molecule has 15 heavy (non-hydrogen) atoms. The van der Waals surface area contributed by atoms with E-state index in [-0.39, 0.29) is 18.9 Å². The number of anilines is 1. The third kappa shape index (κ3) is 1.70. The monoisotopic (exact) mass is 215 g/mol. The molecule has 0 amide bonds. The van der Waals surface area contributed by atoms with E-state index in [1.165, 1.54) is 0 Å². The summed E-state index contributed by atoms with van der Waals surface area (Å²) in [6.07, 6.45) is -0.0539. The smallest absolute Gasteiger partial charge is 0.252 e. The molecule has 0 radical (unpaired) electrons. The number of hydrogen-bond donors (Lipinski definition) is 1. The molecular formula is C10H15F2N3. The fraction of sp³-hybridized carbons (Fsp3) is 0.700. The molecule has 0 spiro atoms. The van der Waals surface area contributed by atoms with Crippen LogP contribution in [-0.2, 0) is 12.8 Å². The van der Waals surface area contributed by atoms with Crippen LogP contribution in [-0.4, -0.2) is 15.7 Å². The van der Waals surface area contributed by atoms with E-state index < -0.39 is 5.92 Å². The van der Waals surface area contributed by atoms with E-state index >= 15 is 0 Å². The maximum atomic E-state index is 13.2. The average Bonchev–Trinajstić information content (AvgIpc) is 2.42. The number of hydrogen-bond acceptors (Lipinski definition) is 2. The van der Waals surface area contributed by atoms with Crippen LogP contribution in [0.25, 0.3) is 0 Å². The van der Waals surface area contributed by atoms with Gasteiger partial charge in [0.2, 0.25) is 0 Å². The number of halogens is 2. The van der Waals surface area contributed by atoms with Gasteiger partial charge in [-0.25, -0.2) is 13.5 Å². The second-order valence-corrected chi connectivity index (χ2v) is 4.38. The van der Waals surface area contributed by atoms with Crippen LogP contribution in [0.3, 0.4) is 0 Å². The second-order valence-electron chi connectivity index (χ2n) is 4.38. The van der Waals surface area contributed by atoms with Gasteiger partial charge in [-0.05, 0) is 20.3 Å².